The number of aliphatic carboxylic acids is 1. The molecule has 0 saturated carbocycles. The van der Waals surface area contributed by atoms with Crippen LogP contribution in [0.1, 0.15) is 19.8 Å². The van der Waals surface area contributed by atoms with Crippen molar-refractivity contribution in [1.82, 2.24) is 4.90 Å². The molecule has 1 amide bonds. The highest BCUT2D eigenvalue weighted by atomic mass is 19.1. The predicted octanol–water partition coefficient (Wildman–Crippen LogP) is 1.95. The van der Waals surface area contributed by atoms with Crippen molar-refractivity contribution in [2.24, 2.45) is 5.41 Å². The van der Waals surface area contributed by atoms with Crippen molar-refractivity contribution in [1.29, 1.82) is 0 Å². The number of carbonyl (C=O) groups excluding carboxylic acids is 1. The van der Waals surface area contributed by atoms with Gasteiger partial charge in [-0.15, -0.1) is 0 Å². The monoisotopic (exact) mass is 294 g/mol. The molecule has 1 aromatic rings. The third-order valence-corrected chi connectivity index (χ3v) is 3.99. The Morgan fingerprint density at radius 1 is 1.33 bits per heavy atom. The van der Waals surface area contributed by atoms with Crippen LogP contribution in [-0.4, -0.2) is 41.5 Å². The van der Waals surface area contributed by atoms with E-state index < -0.39 is 17.2 Å². The fourth-order valence-corrected chi connectivity index (χ4v) is 2.37. The lowest BCUT2D eigenvalue weighted by atomic mass is 9.80. The van der Waals surface area contributed by atoms with Crippen LogP contribution < -0.4 is 5.32 Å². The highest BCUT2D eigenvalue weighted by molar-refractivity contribution is 5.92. The third-order valence-electron chi connectivity index (χ3n) is 3.99. The van der Waals surface area contributed by atoms with Crippen molar-refractivity contribution < 1.29 is 19.1 Å². The number of carboxylic acid groups (broad SMARTS) is 1. The summed E-state index contributed by atoms with van der Waals surface area (Å²) in [6.45, 7) is 2.97. The van der Waals surface area contributed by atoms with Crippen molar-refractivity contribution in [3.63, 3.8) is 0 Å². The molecule has 0 radical (unpaired) electrons. The lowest BCUT2D eigenvalue weighted by Crippen LogP contribution is -2.45. The summed E-state index contributed by atoms with van der Waals surface area (Å²) in [7, 11) is 0. The number of hydrogen-bond acceptors (Lipinski definition) is 3. The number of halogens is 1. The Hall–Kier alpha value is -1.95. The number of carbonyl (C=O) groups is 2. The summed E-state index contributed by atoms with van der Waals surface area (Å²) in [6, 6.07) is 6.00. The zero-order chi connectivity index (χ0) is 15.5. The predicted molar refractivity (Wildman–Crippen MR) is 76.4 cm³/mol. The summed E-state index contributed by atoms with van der Waals surface area (Å²) >= 11 is 0. The van der Waals surface area contributed by atoms with Crippen LogP contribution in [0.4, 0.5) is 10.1 Å². The summed E-state index contributed by atoms with van der Waals surface area (Å²) in [5.74, 6) is -1.56. The van der Waals surface area contributed by atoms with E-state index in [-0.39, 0.29) is 18.1 Å². The number of carboxylic acids is 1. The number of anilines is 1. The molecule has 5 nitrogen and oxygen atoms in total. The lowest BCUT2D eigenvalue weighted by Gasteiger charge is -2.35. The Morgan fingerprint density at radius 3 is 2.52 bits per heavy atom. The molecule has 1 heterocycles. The first-order chi connectivity index (χ1) is 9.90. The molecule has 1 aromatic carbocycles. The van der Waals surface area contributed by atoms with Gasteiger partial charge in [0.25, 0.3) is 0 Å². The molecule has 1 fully saturated rings. The minimum atomic E-state index is -0.794. The SMILES string of the molecule is CC1(C(=O)O)CCN(CC(=O)Nc2ccccc2F)CC1. The van der Waals surface area contributed by atoms with Crippen molar-refractivity contribution in [3.8, 4) is 0 Å². The van der Waals surface area contributed by atoms with E-state index in [1.165, 1.54) is 12.1 Å². The summed E-state index contributed by atoms with van der Waals surface area (Å²) < 4.78 is 13.4. The van der Waals surface area contributed by atoms with Crippen LogP contribution in [0.2, 0.25) is 0 Å². The molecule has 1 aliphatic heterocycles. The highest BCUT2D eigenvalue weighted by Gasteiger charge is 2.37. The van der Waals surface area contributed by atoms with Crippen molar-refractivity contribution in [3.05, 3.63) is 30.1 Å². The number of piperidine rings is 1. The van der Waals surface area contributed by atoms with Gasteiger partial charge in [-0.1, -0.05) is 12.1 Å². The maximum Gasteiger partial charge on any atom is 0.309 e. The van der Waals surface area contributed by atoms with Gasteiger partial charge in [0.15, 0.2) is 0 Å². The Balaban J connectivity index is 1.85. The lowest BCUT2D eigenvalue weighted by molar-refractivity contribution is -0.150. The number of likely N-dealkylation sites (tertiary alicyclic amines) is 1. The van der Waals surface area contributed by atoms with Crippen molar-refractivity contribution >= 4 is 17.6 Å². The molecule has 0 aliphatic carbocycles. The third kappa shape index (κ3) is 3.78. The van der Waals surface area contributed by atoms with E-state index in [1.54, 1.807) is 19.1 Å². The average Bonchev–Trinajstić information content (AvgIpc) is 2.44. The summed E-state index contributed by atoms with van der Waals surface area (Å²) in [5.41, 5.74) is -0.548. The second-order valence-corrected chi connectivity index (χ2v) is 5.67. The number of nitrogens with one attached hydrogen (secondary N) is 1. The van der Waals surface area contributed by atoms with E-state index in [0.29, 0.717) is 25.9 Å². The summed E-state index contributed by atoms with van der Waals surface area (Å²) in [4.78, 5) is 24.9. The molecule has 0 bridgehead atoms. The van der Waals surface area contributed by atoms with E-state index in [1.807, 2.05) is 4.90 Å². The van der Waals surface area contributed by atoms with Gasteiger partial charge < -0.3 is 10.4 Å². The fourth-order valence-electron chi connectivity index (χ4n) is 2.37. The minimum Gasteiger partial charge on any atom is -0.481 e. The van der Waals surface area contributed by atoms with Crippen LogP contribution in [0.3, 0.4) is 0 Å². The zero-order valence-corrected chi connectivity index (χ0v) is 11.9. The summed E-state index contributed by atoms with van der Waals surface area (Å²) in [6.07, 6.45) is 1.02. The Bertz CT molecular complexity index is 539. The second-order valence-electron chi connectivity index (χ2n) is 5.67. The van der Waals surface area contributed by atoms with Crippen LogP contribution in [-0.2, 0) is 9.59 Å². The number of nitrogens with zero attached hydrogens (tertiary/aromatic N) is 1. The highest BCUT2D eigenvalue weighted by Crippen LogP contribution is 2.30. The largest absolute Gasteiger partial charge is 0.481 e. The molecule has 21 heavy (non-hydrogen) atoms. The van der Waals surface area contributed by atoms with Gasteiger partial charge in [-0.2, -0.15) is 0 Å². The van der Waals surface area contributed by atoms with E-state index in [2.05, 4.69) is 5.32 Å². The van der Waals surface area contributed by atoms with Gasteiger partial charge in [0.1, 0.15) is 5.82 Å². The van der Waals surface area contributed by atoms with Crippen LogP contribution >= 0.6 is 0 Å². The molecule has 0 unspecified atom stereocenters. The molecule has 114 valence electrons. The number of amides is 1. The smallest absolute Gasteiger partial charge is 0.309 e. The summed E-state index contributed by atoms with van der Waals surface area (Å²) in [5, 5.41) is 11.7. The molecular formula is C15H19FN2O3. The molecule has 6 heteroatoms. The number of hydrogen-bond donors (Lipinski definition) is 2. The normalized spacial score (nSPS) is 18.2. The van der Waals surface area contributed by atoms with Gasteiger partial charge in [0, 0.05) is 0 Å². The quantitative estimate of drug-likeness (QED) is 0.890. The molecule has 0 atom stereocenters. The first-order valence-electron chi connectivity index (χ1n) is 6.91. The Kier molecular flexibility index (Phi) is 4.57. The van der Waals surface area contributed by atoms with Gasteiger partial charge in [-0.3, -0.25) is 14.5 Å². The van der Waals surface area contributed by atoms with Crippen molar-refractivity contribution in [2.75, 3.05) is 25.0 Å². The van der Waals surface area contributed by atoms with Gasteiger partial charge in [0.2, 0.25) is 5.91 Å². The van der Waals surface area contributed by atoms with Crippen LogP contribution in [0.15, 0.2) is 24.3 Å². The molecular weight excluding hydrogens is 275 g/mol. The Morgan fingerprint density at radius 2 is 1.95 bits per heavy atom. The first-order valence-corrected chi connectivity index (χ1v) is 6.91. The van der Waals surface area contributed by atoms with Gasteiger partial charge in [-0.05, 0) is 45.0 Å². The van der Waals surface area contributed by atoms with Crippen LogP contribution in [0, 0.1) is 11.2 Å². The first kappa shape index (κ1) is 15.4. The maximum absolute atomic E-state index is 13.4. The minimum absolute atomic E-state index is 0.143. The molecule has 0 spiro atoms. The van der Waals surface area contributed by atoms with Crippen LogP contribution in [0.5, 0.6) is 0 Å². The van der Waals surface area contributed by atoms with Gasteiger partial charge in [0.05, 0.1) is 17.6 Å². The maximum atomic E-state index is 13.4. The second kappa shape index (κ2) is 6.22. The number of benzene rings is 1. The van der Waals surface area contributed by atoms with Gasteiger partial charge >= 0.3 is 5.97 Å². The molecule has 1 aliphatic rings. The van der Waals surface area contributed by atoms with Crippen molar-refractivity contribution in [2.45, 2.75) is 19.8 Å². The molecule has 0 aromatic heterocycles. The van der Waals surface area contributed by atoms with E-state index in [0.717, 1.165) is 0 Å². The van der Waals surface area contributed by atoms with Gasteiger partial charge in [-0.25, -0.2) is 4.39 Å². The fraction of sp³-hybridized carbons (Fsp3) is 0.467. The van der Waals surface area contributed by atoms with E-state index in [9.17, 15) is 14.0 Å². The van der Waals surface area contributed by atoms with E-state index >= 15 is 0 Å². The number of rotatable bonds is 4. The number of para-hydroxylation sites is 1. The molecule has 1 saturated heterocycles. The average molecular weight is 294 g/mol. The topological polar surface area (TPSA) is 69.6 Å². The van der Waals surface area contributed by atoms with E-state index in [4.69, 9.17) is 5.11 Å². The van der Waals surface area contributed by atoms with Crippen LogP contribution in [0.25, 0.3) is 0 Å². The molecule has 2 rings (SSSR count). The Labute approximate surface area is 122 Å². The molecule has 2 N–H and O–H groups in total. The standard InChI is InChI=1S/C15H19FN2O3/c1-15(14(20)21)6-8-18(9-7-15)10-13(19)17-12-5-3-2-4-11(12)16/h2-5H,6-10H2,1H3,(H,17,19)(H,20,21). The zero-order valence-electron chi connectivity index (χ0n) is 11.9.